The van der Waals surface area contributed by atoms with Gasteiger partial charge in [-0.15, -0.1) is 5.10 Å². The molecule has 2 bridgehead atoms. The van der Waals surface area contributed by atoms with Crippen molar-refractivity contribution in [3.63, 3.8) is 0 Å². The number of alkyl halides is 3. The van der Waals surface area contributed by atoms with Gasteiger partial charge in [-0.1, -0.05) is 6.07 Å². The lowest BCUT2D eigenvalue weighted by Crippen LogP contribution is -2.45. The number of fused-ring (bicyclic) bond motifs is 3. The summed E-state index contributed by atoms with van der Waals surface area (Å²) in [6.07, 6.45) is -0.754. The number of halogens is 4. The third-order valence-corrected chi connectivity index (χ3v) is 5.98. The highest BCUT2D eigenvalue weighted by molar-refractivity contribution is 5.78. The van der Waals surface area contributed by atoms with Crippen LogP contribution < -0.4 is 10.6 Å². The molecule has 2 unspecified atom stereocenters. The second-order valence-electron chi connectivity index (χ2n) is 7.74. The van der Waals surface area contributed by atoms with Gasteiger partial charge in [0.15, 0.2) is 5.65 Å². The van der Waals surface area contributed by atoms with Crippen molar-refractivity contribution in [2.75, 3.05) is 18.4 Å². The quantitative estimate of drug-likeness (QED) is 0.648. The molecule has 1 saturated carbocycles. The standard InChI is InChI=1S/C20H19F4N5/c21-16-6-5-11(8-15(16)20(22,23)24)14-2-1-7-29-18(14)27-19(28-29)26-17-12-3-4-13(17)10-25-9-12/h1-2,5-8,12-13,17,25H,3-4,9-10H2,(H,26,28)/t12-,13?,17?/m0/s1. The first-order chi connectivity index (χ1) is 13.9. The lowest BCUT2D eigenvalue weighted by molar-refractivity contribution is -0.139. The molecule has 5 rings (SSSR count). The molecule has 29 heavy (non-hydrogen) atoms. The van der Waals surface area contributed by atoms with Crippen molar-refractivity contribution in [3.05, 3.63) is 47.9 Å². The number of nitrogens with zero attached hydrogens (tertiary/aromatic N) is 3. The van der Waals surface area contributed by atoms with Crippen molar-refractivity contribution in [2.24, 2.45) is 11.8 Å². The summed E-state index contributed by atoms with van der Waals surface area (Å²) in [6.45, 7) is 1.92. The lowest BCUT2D eigenvalue weighted by atomic mass is 9.94. The molecule has 2 N–H and O–H groups in total. The van der Waals surface area contributed by atoms with Crippen LogP contribution in [0.5, 0.6) is 0 Å². The van der Waals surface area contributed by atoms with Gasteiger partial charge >= 0.3 is 6.18 Å². The fourth-order valence-electron chi connectivity index (χ4n) is 4.57. The van der Waals surface area contributed by atoms with E-state index in [1.807, 2.05) is 0 Å². The highest BCUT2D eigenvalue weighted by Crippen LogP contribution is 2.37. The Kier molecular flexibility index (Phi) is 4.23. The molecule has 5 nitrogen and oxygen atoms in total. The normalized spacial score (nSPS) is 24.2. The molecular weight excluding hydrogens is 386 g/mol. The third kappa shape index (κ3) is 3.23. The summed E-state index contributed by atoms with van der Waals surface area (Å²) in [6, 6.07) is 6.62. The van der Waals surface area contributed by atoms with E-state index in [1.165, 1.54) is 10.6 Å². The Bertz CT molecular complexity index is 1040. The van der Waals surface area contributed by atoms with Crippen molar-refractivity contribution < 1.29 is 17.6 Å². The number of nitrogens with one attached hydrogen (secondary N) is 2. The molecule has 3 heterocycles. The molecule has 2 aliphatic rings. The maximum atomic E-state index is 13.7. The van der Waals surface area contributed by atoms with E-state index in [0.717, 1.165) is 38.1 Å². The van der Waals surface area contributed by atoms with E-state index in [1.54, 1.807) is 18.3 Å². The average molecular weight is 405 g/mol. The van der Waals surface area contributed by atoms with Crippen LogP contribution in [-0.2, 0) is 6.18 Å². The molecule has 2 fully saturated rings. The minimum absolute atomic E-state index is 0.241. The van der Waals surface area contributed by atoms with E-state index >= 15 is 0 Å². The average Bonchev–Trinajstić information content (AvgIpc) is 3.17. The van der Waals surface area contributed by atoms with E-state index in [9.17, 15) is 17.6 Å². The van der Waals surface area contributed by atoms with Crippen LogP contribution in [-0.4, -0.2) is 33.7 Å². The van der Waals surface area contributed by atoms with Gasteiger partial charge in [0.2, 0.25) is 5.95 Å². The summed E-state index contributed by atoms with van der Waals surface area (Å²) in [5.41, 5.74) is -0.158. The zero-order chi connectivity index (χ0) is 20.2. The zero-order valence-electron chi connectivity index (χ0n) is 15.4. The summed E-state index contributed by atoms with van der Waals surface area (Å²) in [4.78, 5) is 4.54. The summed E-state index contributed by atoms with van der Waals surface area (Å²) in [5, 5.41) is 11.3. The van der Waals surface area contributed by atoms with E-state index in [4.69, 9.17) is 0 Å². The van der Waals surface area contributed by atoms with E-state index in [0.29, 0.717) is 35.0 Å². The number of rotatable bonds is 3. The van der Waals surface area contributed by atoms with Gasteiger partial charge in [-0.3, -0.25) is 0 Å². The molecule has 1 aliphatic heterocycles. The molecule has 0 spiro atoms. The first kappa shape index (κ1) is 18.4. The second kappa shape index (κ2) is 6.69. The van der Waals surface area contributed by atoms with Gasteiger partial charge < -0.3 is 10.6 Å². The van der Waals surface area contributed by atoms with Gasteiger partial charge in [0.05, 0.1) is 5.56 Å². The topological polar surface area (TPSA) is 54.2 Å². The van der Waals surface area contributed by atoms with Crippen molar-refractivity contribution in [1.29, 1.82) is 0 Å². The summed E-state index contributed by atoms with van der Waals surface area (Å²) in [5.74, 6) is 0.204. The molecule has 3 aromatic rings. The van der Waals surface area contributed by atoms with Crippen LogP contribution in [0.3, 0.4) is 0 Å². The molecule has 2 aromatic heterocycles. The van der Waals surface area contributed by atoms with Crippen LogP contribution in [0.15, 0.2) is 36.5 Å². The van der Waals surface area contributed by atoms with Crippen molar-refractivity contribution in [3.8, 4) is 11.1 Å². The Morgan fingerprint density at radius 1 is 1.10 bits per heavy atom. The molecule has 9 heteroatoms. The number of piperidine rings is 1. The number of pyridine rings is 1. The Morgan fingerprint density at radius 3 is 2.59 bits per heavy atom. The van der Waals surface area contributed by atoms with Crippen LogP contribution in [0.25, 0.3) is 16.8 Å². The Morgan fingerprint density at radius 2 is 1.86 bits per heavy atom. The molecule has 1 aromatic carbocycles. The highest BCUT2D eigenvalue weighted by atomic mass is 19.4. The zero-order valence-corrected chi connectivity index (χ0v) is 15.4. The first-order valence-corrected chi connectivity index (χ1v) is 9.60. The molecule has 1 aliphatic carbocycles. The SMILES string of the molecule is Fc1ccc(-c2cccn3nc(NC4C5CC[C@H]4CNC5)nc23)cc1C(F)(F)F. The summed E-state index contributed by atoms with van der Waals surface area (Å²) in [7, 11) is 0. The Hall–Kier alpha value is -2.68. The molecule has 0 amide bonds. The first-order valence-electron chi connectivity index (χ1n) is 9.60. The third-order valence-electron chi connectivity index (χ3n) is 5.98. The van der Waals surface area contributed by atoms with Gasteiger partial charge in [0.25, 0.3) is 0 Å². The van der Waals surface area contributed by atoms with Crippen molar-refractivity contribution >= 4 is 11.6 Å². The predicted octanol–water partition coefficient (Wildman–Crippen LogP) is 3.96. The fraction of sp³-hybridized carbons (Fsp3) is 0.400. The van der Waals surface area contributed by atoms with E-state index < -0.39 is 17.6 Å². The molecule has 0 radical (unpaired) electrons. The summed E-state index contributed by atoms with van der Waals surface area (Å²) >= 11 is 0. The highest BCUT2D eigenvalue weighted by Gasteiger charge is 2.39. The van der Waals surface area contributed by atoms with Crippen molar-refractivity contribution in [2.45, 2.75) is 25.1 Å². The Labute approximate surface area is 164 Å². The molecule has 3 atom stereocenters. The fourth-order valence-corrected chi connectivity index (χ4v) is 4.57. The van der Waals surface area contributed by atoms with Gasteiger partial charge in [-0.2, -0.15) is 18.2 Å². The van der Waals surface area contributed by atoms with Gasteiger partial charge in [-0.25, -0.2) is 8.91 Å². The molecule has 1 saturated heterocycles. The van der Waals surface area contributed by atoms with Crippen LogP contribution in [0, 0.1) is 17.7 Å². The number of hydrogen-bond donors (Lipinski definition) is 2. The molecular formula is C20H19F4N5. The number of aromatic nitrogens is 3. The van der Waals surface area contributed by atoms with Crippen molar-refractivity contribution in [1.82, 2.24) is 19.9 Å². The van der Waals surface area contributed by atoms with Crippen LogP contribution >= 0.6 is 0 Å². The number of hydrogen-bond acceptors (Lipinski definition) is 4. The van der Waals surface area contributed by atoms with Gasteiger partial charge in [0.1, 0.15) is 5.82 Å². The lowest BCUT2D eigenvalue weighted by Gasteiger charge is -2.30. The second-order valence-corrected chi connectivity index (χ2v) is 7.74. The Balaban J connectivity index is 1.52. The van der Waals surface area contributed by atoms with E-state index in [-0.39, 0.29) is 5.56 Å². The van der Waals surface area contributed by atoms with Crippen LogP contribution in [0.4, 0.5) is 23.5 Å². The monoisotopic (exact) mass is 405 g/mol. The predicted molar refractivity (Wildman–Crippen MR) is 99.9 cm³/mol. The molecule has 152 valence electrons. The largest absolute Gasteiger partial charge is 0.419 e. The maximum absolute atomic E-state index is 13.7. The minimum Gasteiger partial charge on any atom is -0.350 e. The van der Waals surface area contributed by atoms with Crippen LogP contribution in [0.1, 0.15) is 18.4 Å². The van der Waals surface area contributed by atoms with Gasteiger partial charge in [-0.05, 0) is 67.6 Å². The maximum Gasteiger partial charge on any atom is 0.419 e. The van der Waals surface area contributed by atoms with Gasteiger partial charge in [0, 0.05) is 17.8 Å². The smallest absolute Gasteiger partial charge is 0.350 e. The number of anilines is 1. The summed E-state index contributed by atoms with van der Waals surface area (Å²) < 4.78 is 54.6. The minimum atomic E-state index is -4.76. The van der Waals surface area contributed by atoms with Crippen LogP contribution in [0.2, 0.25) is 0 Å². The number of benzene rings is 1. The van der Waals surface area contributed by atoms with E-state index in [2.05, 4.69) is 20.7 Å².